The lowest BCUT2D eigenvalue weighted by molar-refractivity contribution is 0.600. The molecular weight excluding hydrogens is 304 g/mol. The van der Waals surface area contributed by atoms with Crippen molar-refractivity contribution in [3.63, 3.8) is 0 Å². The summed E-state index contributed by atoms with van der Waals surface area (Å²) < 4.78 is 27.0. The van der Waals surface area contributed by atoms with Gasteiger partial charge in [-0.1, -0.05) is 54.2 Å². The summed E-state index contributed by atoms with van der Waals surface area (Å²) >= 11 is 4.95. The lowest BCUT2D eigenvalue weighted by Crippen LogP contribution is -2.19. The number of aryl methyl sites for hydroxylation is 1. The Morgan fingerprint density at radius 3 is 2.38 bits per heavy atom. The van der Waals surface area contributed by atoms with E-state index in [1.54, 1.807) is 36.4 Å². The molecule has 3 N–H and O–H groups in total. The molecule has 2 aromatic rings. The first kappa shape index (κ1) is 15.5. The number of sulfonamides is 1. The molecule has 0 bridgehead atoms. The number of anilines is 1. The maximum atomic E-state index is 12.2. The molecule has 0 heterocycles. The van der Waals surface area contributed by atoms with Crippen molar-refractivity contribution < 1.29 is 8.42 Å². The molecule has 0 spiro atoms. The predicted molar refractivity (Wildman–Crippen MR) is 89.8 cm³/mol. The molecule has 0 amide bonds. The summed E-state index contributed by atoms with van der Waals surface area (Å²) in [6, 6.07) is 14.1. The second-order valence-corrected chi connectivity index (χ2v) is 6.91. The van der Waals surface area contributed by atoms with Crippen molar-refractivity contribution in [2.75, 3.05) is 4.72 Å². The van der Waals surface area contributed by atoms with Gasteiger partial charge in [0.25, 0.3) is 0 Å². The molecule has 0 aromatic heterocycles. The van der Waals surface area contributed by atoms with Crippen molar-refractivity contribution in [1.29, 1.82) is 0 Å². The third-order valence-electron chi connectivity index (χ3n) is 2.95. The second kappa shape index (κ2) is 6.24. The van der Waals surface area contributed by atoms with Crippen molar-refractivity contribution in [3.8, 4) is 0 Å². The van der Waals surface area contributed by atoms with Crippen molar-refractivity contribution in [3.05, 3.63) is 65.2 Å². The van der Waals surface area contributed by atoms with E-state index in [4.69, 9.17) is 18.0 Å². The number of nitrogens with one attached hydrogen (secondary N) is 1. The van der Waals surface area contributed by atoms with Gasteiger partial charge in [0.2, 0.25) is 10.0 Å². The number of benzene rings is 2. The number of hydrogen-bond acceptors (Lipinski definition) is 3. The number of nitrogens with two attached hydrogens (primary N) is 1. The van der Waals surface area contributed by atoms with E-state index in [2.05, 4.69) is 4.72 Å². The molecule has 0 unspecified atom stereocenters. The average molecular weight is 320 g/mol. The van der Waals surface area contributed by atoms with E-state index in [-0.39, 0.29) is 10.7 Å². The van der Waals surface area contributed by atoms with Gasteiger partial charge >= 0.3 is 0 Å². The van der Waals surface area contributed by atoms with Crippen LogP contribution in [-0.4, -0.2) is 13.4 Å². The third kappa shape index (κ3) is 4.27. The van der Waals surface area contributed by atoms with Crippen LogP contribution in [0.15, 0.2) is 48.5 Å². The fraction of sp³-hybridized carbons (Fsp3) is 0.133. The Balaban J connectivity index is 2.22. The first-order valence-electron chi connectivity index (χ1n) is 6.32. The Bertz CT molecular complexity index is 753. The fourth-order valence-corrected chi connectivity index (χ4v) is 3.36. The number of hydrogen-bond donors (Lipinski definition) is 2. The molecule has 0 atom stereocenters. The average Bonchev–Trinajstić information content (AvgIpc) is 2.41. The van der Waals surface area contributed by atoms with Crippen LogP contribution in [0.4, 0.5) is 5.69 Å². The number of rotatable bonds is 5. The SMILES string of the molecule is Cc1ccc(NS(=O)(=O)Cc2ccccc2C(N)=S)cc1. The first-order chi connectivity index (χ1) is 9.87. The van der Waals surface area contributed by atoms with Crippen molar-refractivity contribution in [2.45, 2.75) is 12.7 Å². The third-order valence-corrected chi connectivity index (χ3v) is 4.41. The van der Waals surface area contributed by atoms with Gasteiger partial charge in [-0.2, -0.15) is 0 Å². The minimum Gasteiger partial charge on any atom is -0.389 e. The molecule has 4 nitrogen and oxygen atoms in total. The van der Waals surface area contributed by atoms with E-state index in [1.807, 2.05) is 19.1 Å². The van der Waals surface area contributed by atoms with Crippen LogP contribution < -0.4 is 10.5 Å². The Labute approximate surface area is 130 Å². The summed E-state index contributed by atoms with van der Waals surface area (Å²) in [7, 11) is -3.52. The van der Waals surface area contributed by atoms with Gasteiger partial charge in [-0.15, -0.1) is 0 Å². The summed E-state index contributed by atoms with van der Waals surface area (Å²) in [6.45, 7) is 1.94. The standard InChI is InChI=1S/C15H16N2O2S2/c1-11-6-8-13(9-7-11)17-21(18,19)10-12-4-2-3-5-14(12)15(16)20/h2-9,17H,10H2,1H3,(H2,16,20). The van der Waals surface area contributed by atoms with Crippen LogP contribution >= 0.6 is 12.2 Å². The van der Waals surface area contributed by atoms with E-state index in [9.17, 15) is 8.42 Å². The lowest BCUT2D eigenvalue weighted by atomic mass is 10.1. The van der Waals surface area contributed by atoms with Gasteiger partial charge in [0.05, 0.1) is 5.75 Å². The Morgan fingerprint density at radius 1 is 1.14 bits per heavy atom. The summed E-state index contributed by atoms with van der Waals surface area (Å²) in [5.41, 5.74) is 8.39. The van der Waals surface area contributed by atoms with E-state index >= 15 is 0 Å². The van der Waals surface area contributed by atoms with Crippen LogP contribution in [0.25, 0.3) is 0 Å². The maximum Gasteiger partial charge on any atom is 0.236 e. The topological polar surface area (TPSA) is 72.2 Å². The van der Waals surface area contributed by atoms with Crippen molar-refractivity contribution >= 4 is 32.9 Å². The second-order valence-electron chi connectivity index (χ2n) is 4.75. The molecule has 0 aliphatic rings. The van der Waals surface area contributed by atoms with Crippen LogP contribution in [0.3, 0.4) is 0 Å². The van der Waals surface area contributed by atoms with Crippen molar-refractivity contribution in [1.82, 2.24) is 0 Å². The molecule has 0 saturated carbocycles. The molecule has 0 radical (unpaired) electrons. The highest BCUT2D eigenvalue weighted by molar-refractivity contribution is 7.91. The highest BCUT2D eigenvalue weighted by atomic mass is 32.2. The number of thiocarbonyl (C=S) groups is 1. The van der Waals surface area contributed by atoms with Gasteiger partial charge in [-0.25, -0.2) is 8.42 Å². The zero-order valence-electron chi connectivity index (χ0n) is 11.5. The lowest BCUT2D eigenvalue weighted by Gasteiger charge is -2.11. The van der Waals surface area contributed by atoms with E-state index < -0.39 is 10.0 Å². The largest absolute Gasteiger partial charge is 0.389 e. The van der Waals surface area contributed by atoms with Crippen molar-refractivity contribution in [2.24, 2.45) is 5.73 Å². The highest BCUT2D eigenvalue weighted by Crippen LogP contribution is 2.16. The minimum absolute atomic E-state index is 0.172. The Morgan fingerprint density at radius 2 is 1.76 bits per heavy atom. The fourth-order valence-electron chi connectivity index (χ4n) is 1.93. The van der Waals surface area contributed by atoms with Gasteiger partial charge < -0.3 is 5.73 Å². The molecule has 0 aliphatic carbocycles. The molecule has 0 saturated heterocycles. The van der Waals surface area contributed by atoms with Crippen LogP contribution in [0.2, 0.25) is 0 Å². The van der Waals surface area contributed by atoms with Gasteiger partial charge in [0, 0.05) is 11.3 Å². The van der Waals surface area contributed by atoms with Gasteiger partial charge in [-0.3, -0.25) is 4.72 Å². The molecule has 0 aliphatic heterocycles. The summed E-state index contributed by atoms with van der Waals surface area (Å²) in [5.74, 6) is -0.172. The predicted octanol–water partition coefficient (Wildman–Crippen LogP) is 2.57. The molecule has 110 valence electrons. The van der Waals surface area contributed by atoms with Crippen LogP contribution in [0.5, 0.6) is 0 Å². The first-order valence-corrected chi connectivity index (χ1v) is 8.38. The molecule has 2 aromatic carbocycles. The van der Waals surface area contributed by atoms with Crippen LogP contribution in [-0.2, 0) is 15.8 Å². The van der Waals surface area contributed by atoms with Crippen LogP contribution in [0.1, 0.15) is 16.7 Å². The zero-order chi connectivity index (χ0) is 15.5. The molecule has 0 fully saturated rings. The summed E-state index contributed by atoms with van der Waals surface area (Å²) in [5, 5.41) is 0. The quantitative estimate of drug-likeness (QED) is 0.831. The smallest absolute Gasteiger partial charge is 0.236 e. The minimum atomic E-state index is -3.52. The van der Waals surface area contributed by atoms with E-state index in [1.165, 1.54) is 0 Å². The van der Waals surface area contributed by atoms with E-state index in [0.717, 1.165) is 5.56 Å². The molecular formula is C15H16N2O2S2. The monoisotopic (exact) mass is 320 g/mol. The highest BCUT2D eigenvalue weighted by Gasteiger charge is 2.15. The summed E-state index contributed by atoms with van der Waals surface area (Å²) in [4.78, 5) is 0.191. The molecule has 2 rings (SSSR count). The van der Waals surface area contributed by atoms with Gasteiger partial charge in [0.1, 0.15) is 4.99 Å². The van der Waals surface area contributed by atoms with Gasteiger partial charge in [0.15, 0.2) is 0 Å². The summed E-state index contributed by atoms with van der Waals surface area (Å²) in [6.07, 6.45) is 0. The van der Waals surface area contributed by atoms with Crippen LogP contribution in [0, 0.1) is 6.92 Å². The van der Waals surface area contributed by atoms with E-state index in [0.29, 0.717) is 16.8 Å². The van der Waals surface area contributed by atoms with Gasteiger partial charge in [-0.05, 0) is 24.6 Å². The zero-order valence-corrected chi connectivity index (χ0v) is 13.2. The Kier molecular flexibility index (Phi) is 4.59. The maximum absolute atomic E-state index is 12.2. The normalized spacial score (nSPS) is 11.1. The molecule has 6 heteroatoms. The molecule has 21 heavy (non-hydrogen) atoms. The Hall–Kier alpha value is -1.92.